The maximum atomic E-state index is 7.60. The van der Waals surface area contributed by atoms with Crippen LogP contribution in [-0.2, 0) is 40.6 Å². The van der Waals surface area contributed by atoms with Gasteiger partial charge in [-0.1, -0.05) is 0 Å². The SMILES string of the molecule is [C-]#[N+]CC#N.[C-]#[O+].[C-]#[O+].[C-]#[O+].[C-]#[O+].[C-]#[O+].[Cr]. The fourth-order valence-electron chi connectivity index (χ4n) is 0.0354. The zero-order valence-electron chi connectivity index (χ0n) is 7.55. The Morgan fingerprint density at radius 1 is 0.812 bits per heavy atom. The van der Waals surface area contributed by atoms with Crippen LogP contribution in [0, 0.1) is 51.2 Å². The Morgan fingerprint density at radius 3 is 1.00 bits per heavy atom. The molecule has 0 saturated carbocycles. The van der Waals surface area contributed by atoms with Gasteiger partial charge in [-0.05, 0) is 0 Å². The number of nitrogens with zero attached hydrogens (tertiary/aromatic N) is 2. The van der Waals surface area contributed by atoms with E-state index in [0.717, 1.165) is 0 Å². The van der Waals surface area contributed by atoms with Crippen molar-refractivity contribution in [3.63, 3.8) is 0 Å². The second-order valence-electron chi connectivity index (χ2n) is 0.474. The summed E-state index contributed by atoms with van der Waals surface area (Å²) in [5, 5.41) is 7.60. The number of hydrogen-bond acceptors (Lipinski definition) is 1. The molecule has 0 aromatic heterocycles. The summed E-state index contributed by atoms with van der Waals surface area (Å²) < 4.78 is 37.5. The Labute approximate surface area is 104 Å². The zero-order chi connectivity index (χ0) is 14.1. The molecule has 0 saturated heterocycles. The van der Waals surface area contributed by atoms with Crippen LogP contribution in [0.25, 0.3) is 4.85 Å². The van der Waals surface area contributed by atoms with E-state index < -0.39 is 0 Å². The molecule has 0 fully saturated rings. The largest absolute Gasteiger partial charge is 0 e. The van der Waals surface area contributed by atoms with Gasteiger partial charge in [-0.25, -0.2) is 6.57 Å². The van der Waals surface area contributed by atoms with E-state index in [1.54, 1.807) is 6.07 Å². The van der Waals surface area contributed by atoms with Gasteiger partial charge in [0.2, 0.25) is 0 Å². The summed E-state index contributed by atoms with van der Waals surface area (Å²) in [5.74, 6) is 0. The van der Waals surface area contributed by atoms with Gasteiger partial charge in [0.15, 0.2) is 0 Å². The Bertz CT molecular complexity index is 206. The molecule has 0 N–H and O–H groups in total. The molecular formula is C8H2CrN2O5. The molecular weight excluding hydrogens is 256 g/mol. The van der Waals surface area contributed by atoms with Crippen molar-refractivity contribution in [1.82, 2.24) is 0 Å². The first-order valence-electron chi connectivity index (χ1n) is 2.14. The first-order valence-corrected chi connectivity index (χ1v) is 2.14. The summed E-state index contributed by atoms with van der Waals surface area (Å²) in [6.45, 7) is 28.5. The van der Waals surface area contributed by atoms with E-state index in [9.17, 15) is 0 Å². The first-order chi connectivity index (χ1) is 7.41. The molecule has 0 bridgehead atoms. The third-order valence-corrected chi connectivity index (χ3v) is 0.150. The molecule has 0 unspecified atom stereocenters. The van der Waals surface area contributed by atoms with E-state index in [2.05, 4.69) is 38.1 Å². The van der Waals surface area contributed by atoms with E-state index in [4.69, 9.17) is 35.1 Å². The van der Waals surface area contributed by atoms with Crippen molar-refractivity contribution in [3.8, 4) is 6.07 Å². The average molecular weight is 258 g/mol. The van der Waals surface area contributed by atoms with Gasteiger partial charge in [-0.2, -0.15) is 5.26 Å². The van der Waals surface area contributed by atoms with Crippen molar-refractivity contribution in [2.75, 3.05) is 6.54 Å². The predicted molar refractivity (Wildman–Crippen MR) is 36.7 cm³/mol. The summed E-state index contributed by atoms with van der Waals surface area (Å²) in [5.41, 5.74) is 0. The van der Waals surface area contributed by atoms with E-state index in [1.165, 1.54) is 0 Å². The molecule has 0 atom stereocenters. The van der Waals surface area contributed by atoms with Gasteiger partial charge in [0, 0.05) is 17.4 Å². The van der Waals surface area contributed by atoms with Crippen LogP contribution in [0.15, 0.2) is 0 Å². The summed E-state index contributed by atoms with van der Waals surface area (Å²) in [6, 6.07) is 1.66. The molecule has 16 heavy (non-hydrogen) atoms. The quantitative estimate of drug-likeness (QED) is 0.344. The molecule has 0 aliphatic rings. The van der Waals surface area contributed by atoms with Crippen molar-refractivity contribution in [2.24, 2.45) is 0 Å². The number of hydrogen-bond donors (Lipinski definition) is 0. The van der Waals surface area contributed by atoms with Crippen LogP contribution in [-0.4, -0.2) is 6.54 Å². The Hall–Kier alpha value is -1.79. The van der Waals surface area contributed by atoms with Crippen LogP contribution in [0.1, 0.15) is 0 Å². The van der Waals surface area contributed by atoms with Crippen molar-refractivity contribution >= 4 is 0 Å². The Balaban J connectivity index is -0.0000000130. The predicted octanol–water partition coefficient (Wildman–Crippen LogP) is 0.239. The molecule has 0 amide bonds. The third kappa shape index (κ3) is 34000. The maximum Gasteiger partial charge on any atom is 0 e. The van der Waals surface area contributed by atoms with Gasteiger partial charge in [0.05, 0.1) is 0 Å². The summed E-state index contributed by atoms with van der Waals surface area (Å²) in [7, 11) is 0. The molecule has 80 valence electrons. The van der Waals surface area contributed by atoms with Gasteiger partial charge in [-0.3, -0.25) is 0 Å². The summed E-state index contributed by atoms with van der Waals surface area (Å²) in [4.78, 5) is 2.74. The average Bonchev–Trinajstić information content (AvgIpc) is 2.42. The van der Waals surface area contributed by atoms with Gasteiger partial charge in [0.1, 0.15) is 6.07 Å². The molecule has 0 heterocycles. The molecule has 0 aliphatic carbocycles. The van der Waals surface area contributed by atoms with Crippen LogP contribution in [0.4, 0.5) is 0 Å². The van der Waals surface area contributed by atoms with Crippen LogP contribution in [0.2, 0.25) is 0 Å². The molecule has 0 aromatic carbocycles. The van der Waals surface area contributed by atoms with E-state index in [0.29, 0.717) is 0 Å². The van der Waals surface area contributed by atoms with Crippen LogP contribution in [0.3, 0.4) is 0 Å². The maximum absolute atomic E-state index is 7.60. The van der Waals surface area contributed by atoms with E-state index in [1.807, 2.05) is 0 Å². The van der Waals surface area contributed by atoms with Crippen molar-refractivity contribution < 1.29 is 40.6 Å². The minimum atomic E-state index is -0.0139. The molecule has 0 radical (unpaired) electrons. The van der Waals surface area contributed by atoms with E-state index in [-0.39, 0.29) is 23.9 Å². The second-order valence-corrected chi connectivity index (χ2v) is 0.474. The number of rotatable bonds is 0. The minimum absolute atomic E-state index is 0. The Morgan fingerprint density at radius 2 is 1.00 bits per heavy atom. The van der Waals surface area contributed by atoms with Crippen LogP contribution in [0.5, 0.6) is 0 Å². The van der Waals surface area contributed by atoms with Crippen molar-refractivity contribution in [3.05, 3.63) is 44.7 Å². The Kier molecular flexibility index (Phi) is 4000. The van der Waals surface area contributed by atoms with Crippen molar-refractivity contribution in [1.29, 1.82) is 5.26 Å². The van der Waals surface area contributed by atoms with Gasteiger partial charge >= 0.3 is 56.5 Å². The molecule has 7 nitrogen and oxygen atoms in total. The number of nitriles is 1. The third-order valence-electron chi connectivity index (χ3n) is 0.150. The van der Waals surface area contributed by atoms with Crippen LogP contribution >= 0.6 is 0 Å². The normalized spacial score (nSPS) is 2.00. The molecule has 0 aromatic rings. The van der Waals surface area contributed by atoms with E-state index >= 15 is 0 Å². The zero-order valence-corrected chi connectivity index (χ0v) is 8.83. The smallest absolute Gasteiger partial charge is 0 e. The van der Waals surface area contributed by atoms with Crippen molar-refractivity contribution in [2.45, 2.75) is 0 Å². The first kappa shape index (κ1) is 47.7. The van der Waals surface area contributed by atoms with Gasteiger partial charge in [-0.15, -0.1) is 0 Å². The van der Waals surface area contributed by atoms with Crippen LogP contribution < -0.4 is 0 Å². The summed E-state index contributed by atoms with van der Waals surface area (Å²) in [6.07, 6.45) is 0. The molecule has 0 spiro atoms. The standard InChI is InChI=1S/C3H2N2.5CO.Cr/c1-5-3-2-4;5*1-2;/h3H2;;;;;;. The molecule has 8 heteroatoms. The topological polar surface area (TPSA) is 128 Å². The fraction of sp³-hybridized carbons (Fsp3) is 0.125. The second kappa shape index (κ2) is 1340. The van der Waals surface area contributed by atoms with Gasteiger partial charge in [0.25, 0.3) is 6.54 Å². The summed E-state index contributed by atoms with van der Waals surface area (Å²) >= 11 is 0. The molecule has 0 aliphatic heterocycles. The monoisotopic (exact) mass is 258 g/mol. The molecule has 0 rings (SSSR count). The fourth-order valence-corrected chi connectivity index (χ4v) is 0.0354. The van der Waals surface area contributed by atoms with Gasteiger partial charge < -0.3 is 4.85 Å². The minimum Gasteiger partial charge on any atom is 0 e.